The third kappa shape index (κ3) is 4.91. The van der Waals surface area contributed by atoms with Crippen LogP contribution in [-0.4, -0.2) is 22.1 Å². The van der Waals surface area contributed by atoms with E-state index in [2.05, 4.69) is 25.6 Å². The van der Waals surface area contributed by atoms with Gasteiger partial charge >= 0.3 is 0 Å². The van der Waals surface area contributed by atoms with E-state index in [1.807, 2.05) is 55.6 Å². The summed E-state index contributed by atoms with van der Waals surface area (Å²) in [6.07, 6.45) is 3.60. The normalized spacial score (nSPS) is 10.3. The first-order chi connectivity index (χ1) is 12.2. The van der Waals surface area contributed by atoms with Crippen LogP contribution in [0.15, 0.2) is 54.9 Å². The lowest BCUT2D eigenvalue weighted by molar-refractivity contribution is 0.414. The highest BCUT2D eigenvalue weighted by Gasteiger charge is 2.03. The summed E-state index contributed by atoms with van der Waals surface area (Å²) in [7, 11) is 1.66. The van der Waals surface area contributed by atoms with Gasteiger partial charge in [-0.2, -0.15) is 4.98 Å². The van der Waals surface area contributed by atoms with E-state index >= 15 is 0 Å². The third-order valence-corrected chi connectivity index (χ3v) is 3.66. The predicted molar refractivity (Wildman–Crippen MR) is 98.7 cm³/mol. The molecule has 0 spiro atoms. The lowest BCUT2D eigenvalue weighted by Crippen LogP contribution is -2.08. The number of benzene rings is 1. The second kappa shape index (κ2) is 8.10. The number of methoxy groups -OCH3 is 1. The van der Waals surface area contributed by atoms with Crippen molar-refractivity contribution in [1.29, 1.82) is 0 Å². The summed E-state index contributed by atoms with van der Waals surface area (Å²) in [6, 6.07) is 13.8. The largest absolute Gasteiger partial charge is 0.497 e. The van der Waals surface area contributed by atoms with Crippen molar-refractivity contribution in [3.63, 3.8) is 0 Å². The Morgan fingerprint density at radius 2 is 1.76 bits per heavy atom. The molecule has 2 N–H and O–H groups in total. The molecule has 0 aliphatic rings. The first kappa shape index (κ1) is 16.7. The number of nitrogens with one attached hydrogen (secondary N) is 2. The van der Waals surface area contributed by atoms with Gasteiger partial charge in [0.05, 0.1) is 7.11 Å². The number of pyridine rings is 1. The van der Waals surface area contributed by atoms with E-state index in [-0.39, 0.29) is 0 Å². The van der Waals surface area contributed by atoms with Crippen LogP contribution in [0.1, 0.15) is 16.8 Å². The molecule has 0 atom stereocenters. The lowest BCUT2D eigenvalue weighted by atomic mass is 10.2. The summed E-state index contributed by atoms with van der Waals surface area (Å²) in [5.74, 6) is 2.23. The van der Waals surface area contributed by atoms with Crippen molar-refractivity contribution in [2.24, 2.45) is 0 Å². The Morgan fingerprint density at radius 1 is 0.960 bits per heavy atom. The van der Waals surface area contributed by atoms with E-state index in [9.17, 15) is 0 Å². The van der Waals surface area contributed by atoms with Crippen molar-refractivity contribution in [3.8, 4) is 5.75 Å². The Labute approximate surface area is 147 Å². The van der Waals surface area contributed by atoms with E-state index in [0.29, 0.717) is 19.0 Å². The molecule has 6 nitrogen and oxygen atoms in total. The number of ether oxygens (including phenoxy) is 1. The van der Waals surface area contributed by atoms with Crippen LogP contribution in [0.3, 0.4) is 0 Å². The maximum atomic E-state index is 5.17. The second-order valence-corrected chi connectivity index (χ2v) is 5.63. The van der Waals surface area contributed by atoms with Gasteiger partial charge in [-0.05, 0) is 36.2 Å². The quantitative estimate of drug-likeness (QED) is 0.689. The lowest BCUT2D eigenvalue weighted by Gasteiger charge is -2.10. The Bertz CT molecular complexity index is 806. The Morgan fingerprint density at radius 3 is 2.48 bits per heavy atom. The summed E-state index contributed by atoms with van der Waals surface area (Å²) >= 11 is 0. The van der Waals surface area contributed by atoms with Crippen LogP contribution < -0.4 is 15.4 Å². The minimum Gasteiger partial charge on any atom is -0.497 e. The van der Waals surface area contributed by atoms with E-state index in [0.717, 1.165) is 28.4 Å². The molecule has 0 radical (unpaired) electrons. The molecule has 25 heavy (non-hydrogen) atoms. The van der Waals surface area contributed by atoms with Gasteiger partial charge in [0.2, 0.25) is 5.95 Å². The number of hydrogen-bond donors (Lipinski definition) is 2. The molecule has 128 valence electrons. The fourth-order valence-corrected chi connectivity index (χ4v) is 2.36. The molecule has 0 aliphatic carbocycles. The van der Waals surface area contributed by atoms with E-state index in [1.165, 1.54) is 0 Å². The molecule has 3 aromatic rings. The molecule has 0 unspecified atom stereocenters. The number of hydrogen-bond acceptors (Lipinski definition) is 6. The number of anilines is 2. The fraction of sp³-hybridized carbons (Fsp3) is 0.211. The minimum atomic E-state index is 0.601. The maximum Gasteiger partial charge on any atom is 0.225 e. The number of aromatic nitrogens is 3. The minimum absolute atomic E-state index is 0.601. The third-order valence-electron chi connectivity index (χ3n) is 3.66. The van der Waals surface area contributed by atoms with Gasteiger partial charge in [0.1, 0.15) is 11.6 Å². The molecule has 2 aromatic heterocycles. The van der Waals surface area contributed by atoms with Crippen LogP contribution in [0.4, 0.5) is 11.8 Å². The fourth-order valence-electron chi connectivity index (χ4n) is 2.36. The van der Waals surface area contributed by atoms with Crippen molar-refractivity contribution in [2.45, 2.75) is 20.0 Å². The van der Waals surface area contributed by atoms with Gasteiger partial charge < -0.3 is 15.4 Å². The Hall–Kier alpha value is -3.15. The highest BCUT2D eigenvalue weighted by Crippen LogP contribution is 2.14. The van der Waals surface area contributed by atoms with Gasteiger partial charge in [-0.15, -0.1) is 0 Å². The van der Waals surface area contributed by atoms with Crippen LogP contribution >= 0.6 is 0 Å². The summed E-state index contributed by atoms with van der Waals surface area (Å²) in [6.45, 7) is 3.27. The number of rotatable bonds is 7. The zero-order chi connectivity index (χ0) is 17.5. The predicted octanol–water partition coefficient (Wildman–Crippen LogP) is 3.41. The molecule has 0 bridgehead atoms. The van der Waals surface area contributed by atoms with E-state index in [1.54, 1.807) is 13.3 Å². The van der Waals surface area contributed by atoms with Crippen molar-refractivity contribution >= 4 is 11.8 Å². The second-order valence-electron chi connectivity index (χ2n) is 5.63. The summed E-state index contributed by atoms with van der Waals surface area (Å²) in [4.78, 5) is 13.1. The van der Waals surface area contributed by atoms with Crippen LogP contribution in [0.5, 0.6) is 5.75 Å². The summed E-state index contributed by atoms with van der Waals surface area (Å²) in [5.41, 5.74) is 3.14. The average molecular weight is 335 g/mol. The average Bonchev–Trinajstić information content (AvgIpc) is 2.66. The molecular weight excluding hydrogens is 314 g/mol. The molecule has 6 heteroatoms. The number of nitrogens with zero attached hydrogens (tertiary/aromatic N) is 3. The molecule has 0 aliphatic heterocycles. The van der Waals surface area contributed by atoms with E-state index < -0.39 is 0 Å². The van der Waals surface area contributed by atoms with Gasteiger partial charge in [0.25, 0.3) is 0 Å². The Balaban J connectivity index is 1.62. The monoisotopic (exact) mass is 335 g/mol. The number of aryl methyl sites for hydroxylation is 1. The molecule has 1 aromatic carbocycles. The van der Waals surface area contributed by atoms with Gasteiger partial charge in [-0.1, -0.05) is 18.2 Å². The molecule has 0 saturated heterocycles. The standard InChI is InChI=1S/C19H21N5O/c1-14-10-18(21-13-16-4-3-9-20-11-16)24-19(23-14)22-12-15-5-7-17(25-2)8-6-15/h3-11H,12-13H2,1-2H3,(H2,21,22,23,24). The Kier molecular flexibility index (Phi) is 5.41. The first-order valence-electron chi connectivity index (χ1n) is 8.08. The van der Waals surface area contributed by atoms with E-state index in [4.69, 9.17) is 4.74 Å². The highest BCUT2D eigenvalue weighted by molar-refractivity contribution is 5.43. The molecule has 0 amide bonds. The van der Waals surface area contributed by atoms with Crippen LogP contribution in [0.25, 0.3) is 0 Å². The molecule has 0 saturated carbocycles. The van der Waals surface area contributed by atoms with Crippen LogP contribution in [-0.2, 0) is 13.1 Å². The molecule has 0 fully saturated rings. The zero-order valence-electron chi connectivity index (χ0n) is 14.4. The van der Waals surface area contributed by atoms with Crippen molar-refractivity contribution < 1.29 is 4.74 Å². The van der Waals surface area contributed by atoms with Gasteiger partial charge in [0, 0.05) is 37.2 Å². The van der Waals surface area contributed by atoms with Crippen molar-refractivity contribution in [3.05, 3.63) is 71.7 Å². The summed E-state index contributed by atoms with van der Waals surface area (Å²) in [5, 5.41) is 6.57. The smallest absolute Gasteiger partial charge is 0.225 e. The molecule has 2 heterocycles. The van der Waals surface area contributed by atoms with Crippen molar-refractivity contribution in [1.82, 2.24) is 15.0 Å². The van der Waals surface area contributed by atoms with Gasteiger partial charge in [0.15, 0.2) is 0 Å². The zero-order valence-corrected chi connectivity index (χ0v) is 14.4. The SMILES string of the molecule is COc1ccc(CNc2nc(C)cc(NCc3cccnc3)n2)cc1. The van der Waals surface area contributed by atoms with Crippen LogP contribution in [0, 0.1) is 6.92 Å². The van der Waals surface area contributed by atoms with Crippen molar-refractivity contribution in [2.75, 3.05) is 17.7 Å². The van der Waals surface area contributed by atoms with Gasteiger partial charge in [-0.25, -0.2) is 4.98 Å². The molecule has 3 rings (SSSR count). The van der Waals surface area contributed by atoms with Gasteiger partial charge in [-0.3, -0.25) is 4.98 Å². The highest BCUT2D eigenvalue weighted by atomic mass is 16.5. The van der Waals surface area contributed by atoms with Crippen LogP contribution in [0.2, 0.25) is 0 Å². The summed E-state index contributed by atoms with van der Waals surface area (Å²) < 4.78 is 5.17. The topological polar surface area (TPSA) is 72.0 Å². The maximum absolute atomic E-state index is 5.17. The molecular formula is C19H21N5O. The first-order valence-corrected chi connectivity index (χ1v) is 8.08.